The molecule has 3 heteroatoms. The zero-order valence-corrected chi connectivity index (χ0v) is 10.5. The quantitative estimate of drug-likeness (QED) is 0.874. The summed E-state index contributed by atoms with van der Waals surface area (Å²) in [5.74, 6) is 1.17. The fraction of sp³-hybridized carbons (Fsp3) is 0.714. The van der Waals surface area contributed by atoms with E-state index in [9.17, 15) is 0 Å². The Hall–Kier alpha value is -0.800. The fourth-order valence-corrected chi connectivity index (χ4v) is 3.01. The number of ether oxygens (including phenoxy) is 1. The Kier molecular flexibility index (Phi) is 2.97. The Morgan fingerprint density at radius 1 is 1.47 bits per heavy atom. The minimum Gasteiger partial charge on any atom is -0.469 e. The van der Waals surface area contributed by atoms with Crippen LogP contribution in [0.3, 0.4) is 0 Å². The van der Waals surface area contributed by atoms with Gasteiger partial charge in [0, 0.05) is 31.2 Å². The molecular weight excluding hydrogens is 214 g/mol. The van der Waals surface area contributed by atoms with Crippen LogP contribution in [0.2, 0.25) is 0 Å². The van der Waals surface area contributed by atoms with Crippen molar-refractivity contribution in [3.8, 4) is 0 Å². The predicted molar refractivity (Wildman–Crippen MR) is 66.0 cm³/mol. The molecule has 1 fully saturated rings. The molecule has 0 bridgehead atoms. The van der Waals surface area contributed by atoms with Crippen molar-refractivity contribution in [3.05, 3.63) is 23.7 Å². The summed E-state index contributed by atoms with van der Waals surface area (Å²) in [6.07, 6.45) is 7.70. The number of furan rings is 1. The molecule has 3 nitrogen and oxygen atoms in total. The summed E-state index contributed by atoms with van der Waals surface area (Å²) < 4.78 is 11.3. The van der Waals surface area contributed by atoms with Gasteiger partial charge in [-0.05, 0) is 38.7 Å². The van der Waals surface area contributed by atoms with Crippen LogP contribution in [0, 0.1) is 0 Å². The first-order valence-electron chi connectivity index (χ1n) is 6.70. The van der Waals surface area contributed by atoms with E-state index < -0.39 is 0 Å². The molecule has 2 unspecified atom stereocenters. The SMILES string of the molecule is CC1(CNC2CCCc3occc32)CCCO1. The Morgan fingerprint density at radius 3 is 3.24 bits per heavy atom. The molecule has 1 aromatic rings. The van der Waals surface area contributed by atoms with Crippen LogP contribution < -0.4 is 5.32 Å². The lowest BCUT2D eigenvalue weighted by Crippen LogP contribution is -2.39. The van der Waals surface area contributed by atoms with Gasteiger partial charge in [-0.25, -0.2) is 0 Å². The van der Waals surface area contributed by atoms with Gasteiger partial charge < -0.3 is 14.5 Å². The lowest BCUT2D eigenvalue weighted by Gasteiger charge is -2.29. The number of fused-ring (bicyclic) bond motifs is 1. The van der Waals surface area contributed by atoms with Crippen LogP contribution in [-0.2, 0) is 11.2 Å². The van der Waals surface area contributed by atoms with Crippen LogP contribution in [0.15, 0.2) is 16.7 Å². The first kappa shape index (κ1) is 11.3. The second-order valence-corrected chi connectivity index (χ2v) is 5.53. The van der Waals surface area contributed by atoms with Crippen LogP contribution in [0.5, 0.6) is 0 Å². The molecule has 0 spiro atoms. The molecular formula is C14H21NO2. The van der Waals surface area contributed by atoms with Crippen molar-refractivity contribution in [2.75, 3.05) is 13.2 Å². The van der Waals surface area contributed by atoms with Crippen molar-refractivity contribution < 1.29 is 9.15 Å². The van der Waals surface area contributed by atoms with Crippen molar-refractivity contribution >= 4 is 0 Å². The Bertz CT molecular complexity index is 379. The predicted octanol–water partition coefficient (Wildman–Crippen LogP) is 2.82. The molecule has 1 aliphatic heterocycles. The smallest absolute Gasteiger partial charge is 0.108 e. The molecule has 0 aromatic carbocycles. The number of rotatable bonds is 3. The largest absolute Gasteiger partial charge is 0.469 e. The average molecular weight is 235 g/mol. The van der Waals surface area contributed by atoms with Crippen LogP contribution >= 0.6 is 0 Å². The van der Waals surface area contributed by atoms with Gasteiger partial charge in [0.25, 0.3) is 0 Å². The highest BCUT2D eigenvalue weighted by atomic mass is 16.5. The monoisotopic (exact) mass is 235 g/mol. The highest BCUT2D eigenvalue weighted by Crippen LogP contribution is 2.32. The summed E-state index contributed by atoms with van der Waals surface area (Å²) >= 11 is 0. The minimum absolute atomic E-state index is 0.0430. The number of hydrogen-bond acceptors (Lipinski definition) is 3. The fourth-order valence-electron chi connectivity index (χ4n) is 3.01. The summed E-state index contributed by atoms with van der Waals surface area (Å²) in [6, 6.07) is 2.57. The second kappa shape index (κ2) is 4.46. The van der Waals surface area contributed by atoms with Gasteiger partial charge in [0.15, 0.2) is 0 Å². The minimum atomic E-state index is 0.0430. The zero-order valence-electron chi connectivity index (χ0n) is 10.5. The van der Waals surface area contributed by atoms with E-state index in [4.69, 9.17) is 9.15 Å². The highest BCUT2D eigenvalue weighted by Gasteiger charge is 2.31. The highest BCUT2D eigenvalue weighted by molar-refractivity contribution is 5.24. The van der Waals surface area contributed by atoms with Crippen LogP contribution in [0.25, 0.3) is 0 Å². The molecule has 17 heavy (non-hydrogen) atoms. The van der Waals surface area contributed by atoms with Gasteiger partial charge in [0.05, 0.1) is 11.9 Å². The molecule has 0 radical (unpaired) electrons. The van der Waals surface area contributed by atoms with Gasteiger partial charge in [0.1, 0.15) is 5.76 Å². The molecule has 94 valence electrons. The van der Waals surface area contributed by atoms with Gasteiger partial charge in [-0.2, -0.15) is 0 Å². The lowest BCUT2D eigenvalue weighted by molar-refractivity contribution is 0.0182. The zero-order chi connectivity index (χ0) is 11.7. The number of nitrogens with one attached hydrogen (secondary N) is 1. The Labute approximate surface area is 103 Å². The third-order valence-electron chi connectivity index (χ3n) is 4.07. The van der Waals surface area contributed by atoms with Crippen molar-refractivity contribution in [1.29, 1.82) is 0 Å². The van der Waals surface area contributed by atoms with E-state index in [0.29, 0.717) is 6.04 Å². The van der Waals surface area contributed by atoms with E-state index in [1.165, 1.54) is 37.0 Å². The van der Waals surface area contributed by atoms with Gasteiger partial charge >= 0.3 is 0 Å². The van der Waals surface area contributed by atoms with Crippen LogP contribution in [0.1, 0.15) is 50.0 Å². The van der Waals surface area contributed by atoms with Gasteiger partial charge in [-0.15, -0.1) is 0 Å². The number of hydrogen-bond donors (Lipinski definition) is 1. The van der Waals surface area contributed by atoms with Crippen molar-refractivity contribution in [1.82, 2.24) is 5.32 Å². The van der Waals surface area contributed by atoms with Gasteiger partial charge in [-0.1, -0.05) is 0 Å². The third-order valence-corrected chi connectivity index (χ3v) is 4.07. The molecule has 2 aliphatic rings. The maximum absolute atomic E-state index is 5.82. The molecule has 2 atom stereocenters. The Morgan fingerprint density at radius 2 is 2.41 bits per heavy atom. The van der Waals surface area contributed by atoms with Crippen LogP contribution in [-0.4, -0.2) is 18.8 Å². The van der Waals surface area contributed by atoms with Gasteiger partial charge in [0.2, 0.25) is 0 Å². The molecule has 3 rings (SSSR count). The van der Waals surface area contributed by atoms with Crippen LogP contribution in [0.4, 0.5) is 0 Å². The Balaban J connectivity index is 1.63. The summed E-state index contributed by atoms with van der Waals surface area (Å²) in [4.78, 5) is 0. The summed E-state index contributed by atoms with van der Waals surface area (Å²) in [5, 5.41) is 3.66. The molecule has 1 N–H and O–H groups in total. The number of aryl methyl sites for hydroxylation is 1. The van der Waals surface area contributed by atoms with Crippen molar-refractivity contribution in [3.63, 3.8) is 0 Å². The average Bonchev–Trinajstić information content (AvgIpc) is 2.95. The van der Waals surface area contributed by atoms with Crippen molar-refractivity contribution in [2.45, 2.75) is 50.7 Å². The lowest BCUT2D eigenvalue weighted by atomic mass is 9.92. The van der Waals surface area contributed by atoms with E-state index in [1.807, 2.05) is 6.26 Å². The molecule has 1 aromatic heterocycles. The van der Waals surface area contributed by atoms with E-state index >= 15 is 0 Å². The van der Waals surface area contributed by atoms with E-state index in [0.717, 1.165) is 19.6 Å². The molecule has 0 saturated carbocycles. The topological polar surface area (TPSA) is 34.4 Å². The second-order valence-electron chi connectivity index (χ2n) is 5.53. The van der Waals surface area contributed by atoms with Crippen molar-refractivity contribution in [2.24, 2.45) is 0 Å². The molecule has 0 amide bonds. The van der Waals surface area contributed by atoms with E-state index in [-0.39, 0.29) is 5.60 Å². The van der Waals surface area contributed by atoms with E-state index in [2.05, 4.69) is 18.3 Å². The normalized spacial score (nSPS) is 32.6. The standard InChI is InChI=1S/C14H21NO2/c1-14(7-3-8-17-14)10-15-12-4-2-5-13-11(12)6-9-16-13/h6,9,12,15H,2-5,7-8,10H2,1H3. The summed E-state index contributed by atoms with van der Waals surface area (Å²) in [6.45, 7) is 4.08. The summed E-state index contributed by atoms with van der Waals surface area (Å²) in [7, 11) is 0. The maximum atomic E-state index is 5.82. The molecule has 1 saturated heterocycles. The third kappa shape index (κ3) is 2.26. The molecule has 1 aliphatic carbocycles. The molecule has 2 heterocycles. The van der Waals surface area contributed by atoms with E-state index in [1.54, 1.807) is 0 Å². The maximum Gasteiger partial charge on any atom is 0.108 e. The first-order valence-corrected chi connectivity index (χ1v) is 6.70. The summed E-state index contributed by atoms with van der Waals surface area (Å²) in [5.41, 5.74) is 1.40. The van der Waals surface area contributed by atoms with Gasteiger partial charge in [-0.3, -0.25) is 0 Å². The first-order chi connectivity index (χ1) is 8.27.